The van der Waals surface area contributed by atoms with Crippen molar-refractivity contribution in [3.63, 3.8) is 0 Å². The molecular formula is C109H107Cl8N19O10. The molecular weight excluding hydrogens is 2020 g/mol. The number of amides is 4. The van der Waals surface area contributed by atoms with Crippen LogP contribution in [0, 0.1) is 0 Å². The van der Waals surface area contributed by atoms with E-state index in [1.54, 1.807) is 73.3 Å². The molecule has 5 N–H and O–H groups in total. The van der Waals surface area contributed by atoms with Crippen LogP contribution in [0.2, 0.25) is 40.2 Å². The molecule has 12 heterocycles. The number of ketones is 1. The van der Waals surface area contributed by atoms with Gasteiger partial charge in [-0.05, 0) is 184 Å². The van der Waals surface area contributed by atoms with Crippen molar-refractivity contribution >= 4 is 166 Å². The number of fused-ring (bicyclic) bond motifs is 4. The third-order valence-corrected chi connectivity index (χ3v) is 29.1. The Bertz CT molecular complexity index is 7310. The quantitative estimate of drug-likeness (QED) is 0.0314. The summed E-state index contributed by atoms with van der Waals surface area (Å²) in [7, 11) is 5.90. The fraction of sp³-hybridized carbons (Fsp3) is 0.294. The lowest BCUT2D eigenvalue weighted by Crippen LogP contribution is -2.52. The summed E-state index contributed by atoms with van der Waals surface area (Å²) >= 11 is 50.4. The van der Waals surface area contributed by atoms with E-state index in [0.29, 0.717) is 134 Å². The normalized spacial score (nSPS) is 16.2. The Balaban J connectivity index is 0.000000133. The van der Waals surface area contributed by atoms with E-state index in [0.717, 1.165) is 172 Å². The van der Waals surface area contributed by atoms with Gasteiger partial charge in [0.15, 0.2) is 5.78 Å². The van der Waals surface area contributed by atoms with E-state index < -0.39 is 6.10 Å². The van der Waals surface area contributed by atoms with Gasteiger partial charge >= 0.3 is 0 Å². The first-order valence-corrected chi connectivity index (χ1v) is 51.0. The maximum atomic E-state index is 13.1. The molecule has 0 saturated carbocycles. The number of nitrogens with zero attached hydrogens (tertiary/aromatic N) is 14. The van der Waals surface area contributed by atoms with Gasteiger partial charge < -0.3 is 53.5 Å². The lowest BCUT2D eigenvalue weighted by molar-refractivity contribution is -0.129. The van der Waals surface area contributed by atoms with Crippen LogP contribution in [0.3, 0.4) is 0 Å². The number of aromatic amines is 4. The number of halogens is 8. The predicted octanol–water partition coefficient (Wildman–Crippen LogP) is 23.5. The molecule has 0 bridgehead atoms. The summed E-state index contributed by atoms with van der Waals surface area (Å²) in [5, 5.41) is 40.9. The summed E-state index contributed by atoms with van der Waals surface area (Å²) in [6.07, 6.45) is 14.1. The number of Topliss-reactive ketones (excluding diaryl/α,β-unsaturated/α-hetero) is 1. The molecule has 37 heteroatoms. The van der Waals surface area contributed by atoms with Gasteiger partial charge in [-0.1, -0.05) is 153 Å². The number of morpholine rings is 1. The molecule has 4 saturated heterocycles. The number of hydrogen-bond donors (Lipinski definition) is 5. The van der Waals surface area contributed by atoms with E-state index in [-0.39, 0.29) is 59.8 Å². The highest BCUT2D eigenvalue weighted by molar-refractivity contribution is 6.37. The van der Waals surface area contributed by atoms with E-state index in [1.807, 2.05) is 207 Å². The van der Waals surface area contributed by atoms with Crippen molar-refractivity contribution in [3.8, 4) is 68.0 Å². The summed E-state index contributed by atoms with van der Waals surface area (Å²) in [5.41, 5.74) is 15.7. The molecule has 754 valence electrons. The van der Waals surface area contributed by atoms with Gasteiger partial charge in [0.05, 0.1) is 81.5 Å². The van der Waals surface area contributed by atoms with Gasteiger partial charge in [-0.25, -0.2) is 0 Å². The number of hydrogen-bond acceptors (Lipinski definition) is 21. The van der Waals surface area contributed by atoms with Crippen molar-refractivity contribution in [3.05, 3.63) is 304 Å². The largest absolute Gasteiger partial charge is 0.486 e. The smallest absolute Gasteiger partial charge is 0.254 e. The number of aromatic nitrogens is 12. The second kappa shape index (κ2) is 47.3. The molecule has 4 aliphatic heterocycles. The highest BCUT2D eigenvalue weighted by atomic mass is 35.5. The molecule has 8 aromatic carbocycles. The molecule has 4 aliphatic rings. The molecule has 0 radical (unpaired) electrons. The van der Waals surface area contributed by atoms with Gasteiger partial charge in [0.25, 0.3) is 17.7 Å². The average molecular weight is 2130 g/mol. The molecule has 146 heavy (non-hydrogen) atoms. The number of ether oxygens (including phenoxy) is 5. The summed E-state index contributed by atoms with van der Waals surface area (Å²) in [5.74, 6) is 2.88. The van der Waals surface area contributed by atoms with Crippen LogP contribution in [0.25, 0.3) is 88.6 Å². The SMILES string of the molecule is CC(=O)N(C)C1CCN(C(=O)c2ccc(-c3n[nH]c4ccc(OC(C)c5c(Cl)cncc5Cl)cc34)cc2)C1.CC(Oc1ccc2[nH]nc(-c3ccc(C(=O)CCCN4CCOCC4)cc3)c2c1)c1c(Cl)cncc1Cl.CC(Oc1ccc2[nH]nc(-c3ccc(C(=O)N4CCNCC4C)cc3)c2c1)c1c(Cl)cncc1Cl.CC(Oc1ccc2[nH]nc(-c3ccc(C(=O)N4CC[C@@H](N(C)C)C4)cc3)c2c1)c1c(Cl)cncc1Cl. The number of pyridine rings is 4. The van der Waals surface area contributed by atoms with Gasteiger partial charge in [0.1, 0.15) is 70.2 Å². The highest BCUT2D eigenvalue weighted by Gasteiger charge is 2.34. The fourth-order valence-corrected chi connectivity index (χ4v) is 21.2. The lowest BCUT2D eigenvalue weighted by atomic mass is 10.0. The lowest BCUT2D eigenvalue weighted by Gasteiger charge is -2.34. The number of likely N-dealkylation sites (N-methyl/N-ethyl adjacent to an activating group) is 2. The molecule has 8 aromatic heterocycles. The summed E-state index contributed by atoms with van der Waals surface area (Å²) < 4.78 is 30.1. The molecule has 6 unspecified atom stereocenters. The van der Waals surface area contributed by atoms with Gasteiger partial charge in [-0.2, -0.15) is 20.4 Å². The third kappa shape index (κ3) is 24.3. The monoisotopic (exact) mass is 2120 g/mol. The minimum absolute atomic E-state index is 0.00728. The second-order valence-electron chi connectivity index (χ2n) is 36.5. The predicted molar refractivity (Wildman–Crippen MR) is 574 cm³/mol. The van der Waals surface area contributed by atoms with Crippen LogP contribution in [-0.4, -0.2) is 237 Å². The maximum absolute atomic E-state index is 13.1. The van der Waals surface area contributed by atoms with Crippen LogP contribution in [0.1, 0.15) is 155 Å². The van der Waals surface area contributed by atoms with Crippen molar-refractivity contribution in [2.24, 2.45) is 0 Å². The topological polar surface area (TPSA) is 329 Å². The number of carbonyl (C=O) groups excluding carboxylic acids is 5. The molecule has 16 aromatic rings. The number of benzene rings is 8. The number of likely N-dealkylation sites (tertiary alicyclic amines) is 2. The zero-order chi connectivity index (χ0) is 103. The minimum atomic E-state index is -0.392. The van der Waals surface area contributed by atoms with Crippen molar-refractivity contribution in [1.82, 2.24) is 95.4 Å². The molecule has 0 aliphatic carbocycles. The maximum Gasteiger partial charge on any atom is 0.254 e. The van der Waals surface area contributed by atoms with Gasteiger partial charge in [-0.15, -0.1) is 0 Å². The second-order valence-corrected chi connectivity index (χ2v) is 39.8. The first kappa shape index (κ1) is 105. The van der Waals surface area contributed by atoms with Crippen molar-refractivity contribution in [2.45, 2.75) is 110 Å². The Labute approximate surface area is 884 Å². The Hall–Kier alpha value is -12.9. The minimum Gasteiger partial charge on any atom is -0.486 e. The van der Waals surface area contributed by atoms with E-state index in [2.05, 4.69) is 96.9 Å². The Kier molecular flexibility index (Phi) is 33.9. The van der Waals surface area contributed by atoms with Gasteiger partial charge in [0, 0.05) is 229 Å². The fourth-order valence-electron chi connectivity index (χ4n) is 18.5. The van der Waals surface area contributed by atoms with Crippen LogP contribution in [0.5, 0.6) is 23.0 Å². The van der Waals surface area contributed by atoms with E-state index in [9.17, 15) is 24.0 Å². The molecule has 7 atom stereocenters. The van der Waals surface area contributed by atoms with Crippen LogP contribution >= 0.6 is 92.8 Å². The number of carbonyl (C=O) groups is 5. The standard InChI is InChI=1S/C28H27Cl2N5O3.C28H28Cl2N4O3.C27H27Cl2N5O2.C26H25Cl2N5O2/c1-16(26-23(29)13-31-14-24(26)30)38-21-8-9-25-22(12-21)27(33-32-25)18-4-6-19(7-5-18)28(37)35-11-10-20(15-35)34(3)17(2)36;1-18(27-23(29)16-31-17-24(27)30)37-21-8-9-25-22(15-21)28(33-32-25)20-6-4-19(5-7-20)26(35)3-2-10-34-11-13-36-14-12-34;1-16(25-22(28)13-30-14-23(25)29)36-20-8-9-24-21(12-20)26(32-31-24)17-4-6-18(7-5-17)27(35)34-11-10-19(15-34)33(2)3;1-15-12-29-9-10-33(15)26(34)18-5-3-17(4-6-18)25-20-11-19(7-8-23(20)31-32-25)35-16(2)24-21(27)13-30-14-22(24)28/h4-9,12-14,16,20H,10-11,15H2,1-3H3,(H,32,33);4-9,15-18H,2-3,10-14H2,1H3,(H,32,33);4-9,12-14,16,19H,10-11,15H2,1-3H3,(H,31,32);3-8,11,13-16,29H,9-10,12H2,1-2H3,(H,31,32)/t;;16?,19-;/m..1./s1. The number of rotatable bonds is 26. The zero-order valence-electron chi connectivity index (χ0n) is 81.5. The Morgan fingerprint density at radius 2 is 0.712 bits per heavy atom. The van der Waals surface area contributed by atoms with E-state index >= 15 is 0 Å². The average Bonchev–Trinajstić information content (AvgIpc) is 1.69. The zero-order valence-corrected chi connectivity index (χ0v) is 87.6. The van der Waals surface area contributed by atoms with Crippen LogP contribution < -0.4 is 24.3 Å². The van der Waals surface area contributed by atoms with Crippen LogP contribution in [-0.2, 0) is 9.53 Å². The van der Waals surface area contributed by atoms with Crippen molar-refractivity contribution < 1.29 is 47.7 Å². The first-order valence-electron chi connectivity index (χ1n) is 48.0. The molecule has 0 spiro atoms. The Morgan fingerprint density at radius 3 is 1.02 bits per heavy atom. The number of piperazine rings is 1. The number of H-pyrrole nitrogens is 4. The van der Waals surface area contributed by atoms with E-state index in [1.165, 1.54) is 0 Å². The molecule has 29 nitrogen and oxygen atoms in total. The molecule has 4 amide bonds. The van der Waals surface area contributed by atoms with Crippen LogP contribution in [0.4, 0.5) is 0 Å². The van der Waals surface area contributed by atoms with Crippen molar-refractivity contribution in [1.29, 1.82) is 0 Å². The Morgan fingerprint density at radius 1 is 0.404 bits per heavy atom. The first-order chi connectivity index (χ1) is 70.4. The van der Waals surface area contributed by atoms with Gasteiger partial charge in [-0.3, -0.25) is 69.2 Å². The summed E-state index contributed by atoms with van der Waals surface area (Å²) in [6, 6.07) is 53.8. The third-order valence-electron chi connectivity index (χ3n) is 26.7. The highest BCUT2D eigenvalue weighted by Crippen LogP contribution is 2.43. The molecule has 4 fully saturated rings. The summed E-state index contributed by atoms with van der Waals surface area (Å²) in [6.45, 7) is 20.6. The van der Waals surface area contributed by atoms with Crippen LogP contribution in [0.15, 0.2) is 219 Å². The number of nitrogens with one attached hydrogen (secondary N) is 5. The van der Waals surface area contributed by atoms with Crippen molar-refractivity contribution in [2.75, 3.05) is 99.8 Å². The van der Waals surface area contributed by atoms with E-state index in [4.69, 9.17) is 116 Å². The van der Waals surface area contributed by atoms with Gasteiger partial charge in [0.2, 0.25) is 5.91 Å². The molecule has 20 rings (SSSR count). The summed E-state index contributed by atoms with van der Waals surface area (Å²) in [4.78, 5) is 91.3.